The van der Waals surface area contributed by atoms with Gasteiger partial charge in [-0.3, -0.25) is 0 Å². The van der Waals surface area contributed by atoms with Gasteiger partial charge in [0.05, 0.1) is 16.6 Å². The summed E-state index contributed by atoms with van der Waals surface area (Å²) in [5.41, 5.74) is 8.04. The Morgan fingerprint density at radius 3 is 2.90 bits per heavy atom. The minimum absolute atomic E-state index is 0.166. The molecule has 0 saturated carbocycles. The fraction of sp³-hybridized carbons (Fsp3) is 0.533. The van der Waals surface area contributed by atoms with E-state index in [2.05, 4.69) is 18.8 Å². The molecule has 4 nitrogen and oxygen atoms in total. The van der Waals surface area contributed by atoms with Gasteiger partial charge in [0.15, 0.2) is 0 Å². The highest BCUT2D eigenvalue weighted by molar-refractivity contribution is 5.79. The van der Waals surface area contributed by atoms with Crippen LogP contribution < -0.4 is 5.73 Å². The summed E-state index contributed by atoms with van der Waals surface area (Å²) in [6, 6.07) is 3.53. The summed E-state index contributed by atoms with van der Waals surface area (Å²) >= 11 is 0. The average Bonchev–Trinajstić information content (AvgIpc) is 2.64. The number of rotatable bonds is 1. The van der Waals surface area contributed by atoms with E-state index in [0.717, 1.165) is 18.4 Å². The summed E-state index contributed by atoms with van der Waals surface area (Å²) in [5, 5.41) is 0. The number of nitrogens with zero attached hydrogens (tertiary/aromatic N) is 2. The molecule has 3 rings (SSSR count). The zero-order chi connectivity index (χ0) is 14.5. The third-order valence-electron chi connectivity index (χ3n) is 4.03. The fourth-order valence-electron chi connectivity index (χ4n) is 3.04. The van der Waals surface area contributed by atoms with Crippen LogP contribution in [0.4, 0.5) is 10.3 Å². The van der Waals surface area contributed by atoms with Gasteiger partial charge in [-0.25, -0.2) is 9.37 Å². The maximum absolute atomic E-state index is 13.6. The second kappa shape index (κ2) is 4.45. The van der Waals surface area contributed by atoms with Crippen LogP contribution in [0.5, 0.6) is 0 Å². The van der Waals surface area contributed by atoms with Crippen molar-refractivity contribution >= 4 is 17.0 Å². The molecule has 1 fully saturated rings. The fourth-order valence-corrected chi connectivity index (χ4v) is 3.04. The van der Waals surface area contributed by atoms with E-state index in [9.17, 15) is 4.39 Å². The molecule has 0 aliphatic carbocycles. The zero-order valence-electron chi connectivity index (χ0n) is 12.1. The van der Waals surface area contributed by atoms with Gasteiger partial charge < -0.3 is 15.0 Å². The number of anilines is 1. The Morgan fingerprint density at radius 1 is 1.45 bits per heavy atom. The average molecular weight is 277 g/mol. The summed E-state index contributed by atoms with van der Waals surface area (Å²) < 4.78 is 21.4. The first-order valence-corrected chi connectivity index (χ1v) is 6.95. The van der Waals surface area contributed by atoms with Crippen LogP contribution >= 0.6 is 0 Å². The van der Waals surface area contributed by atoms with Crippen molar-refractivity contribution in [3.8, 4) is 0 Å². The van der Waals surface area contributed by atoms with Crippen LogP contribution in [0.15, 0.2) is 12.1 Å². The molecule has 0 amide bonds. The molecular weight excluding hydrogens is 257 g/mol. The van der Waals surface area contributed by atoms with Crippen molar-refractivity contribution in [3.63, 3.8) is 0 Å². The molecule has 2 N–H and O–H groups in total. The van der Waals surface area contributed by atoms with E-state index in [1.807, 2.05) is 10.6 Å². The molecule has 2 heterocycles. The lowest BCUT2D eigenvalue weighted by molar-refractivity contribution is -0.0682. The van der Waals surface area contributed by atoms with Crippen molar-refractivity contribution in [3.05, 3.63) is 23.5 Å². The smallest absolute Gasteiger partial charge is 0.201 e. The second-order valence-corrected chi connectivity index (χ2v) is 6.18. The quantitative estimate of drug-likeness (QED) is 0.871. The van der Waals surface area contributed by atoms with Gasteiger partial charge in [-0.2, -0.15) is 0 Å². The lowest BCUT2D eigenvalue weighted by atomic mass is 9.93. The number of fused-ring (bicyclic) bond motifs is 1. The molecule has 5 heteroatoms. The van der Waals surface area contributed by atoms with Gasteiger partial charge in [-0.1, -0.05) is 0 Å². The van der Waals surface area contributed by atoms with Gasteiger partial charge in [-0.05, 0) is 45.2 Å². The van der Waals surface area contributed by atoms with Crippen molar-refractivity contribution in [1.82, 2.24) is 9.55 Å². The first kappa shape index (κ1) is 13.4. The van der Waals surface area contributed by atoms with E-state index >= 15 is 0 Å². The van der Waals surface area contributed by atoms with Gasteiger partial charge in [0.1, 0.15) is 5.82 Å². The molecule has 1 aromatic heterocycles. The first-order chi connectivity index (χ1) is 9.37. The second-order valence-electron chi connectivity index (χ2n) is 6.18. The molecule has 0 radical (unpaired) electrons. The predicted molar refractivity (Wildman–Crippen MR) is 77.1 cm³/mol. The van der Waals surface area contributed by atoms with Crippen molar-refractivity contribution in [2.75, 3.05) is 12.3 Å². The van der Waals surface area contributed by atoms with Crippen LogP contribution in [0.3, 0.4) is 0 Å². The minimum Gasteiger partial charge on any atom is -0.375 e. The molecule has 1 aliphatic rings. The Balaban J connectivity index is 2.11. The van der Waals surface area contributed by atoms with Gasteiger partial charge in [0, 0.05) is 18.7 Å². The number of imidazole rings is 1. The summed E-state index contributed by atoms with van der Waals surface area (Å²) in [6.45, 7) is 6.63. The largest absolute Gasteiger partial charge is 0.375 e. The molecule has 0 bridgehead atoms. The first-order valence-electron chi connectivity index (χ1n) is 6.95. The van der Waals surface area contributed by atoms with Crippen LogP contribution in [0.25, 0.3) is 11.0 Å². The van der Waals surface area contributed by atoms with Crippen molar-refractivity contribution < 1.29 is 9.13 Å². The molecular formula is C15H20FN3O. The zero-order valence-corrected chi connectivity index (χ0v) is 12.1. The number of halogens is 1. The highest BCUT2D eigenvalue weighted by Gasteiger charge is 2.31. The minimum atomic E-state index is -0.241. The summed E-state index contributed by atoms with van der Waals surface area (Å²) in [4.78, 5) is 4.30. The summed E-state index contributed by atoms with van der Waals surface area (Å²) in [6.07, 6.45) is 1.77. The lowest BCUT2D eigenvalue weighted by Crippen LogP contribution is -2.35. The third kappa shape index (κ3) is 2.16. The number of aryl methyl sites for hydroxylation is 1. The van der Waals surface area contributed by atoms with Crippen LogP contribution in [0.1, 0.15) is 38.3 Å². The predicted octanol–water partition coefficient (Wildman–Crippen LogP) is 3.20. The highest BCUT2D eigenvalue weighted by Crippen LogP contribution is 2.36. The number of hydrogen-bond acceptors (Lipinski definition) is 3. The molecule has 2 aromatic rings. The molecule has 1 unspecified atom stereocenters. The topological polar surface area (TPSA) is 53.1 Å². The Morgan fingerprint density at radius 2 is 2.20 bits per heavy atom. The monoisotopic (exact) mass is 277 g/mol. The number of nitrogen functional groups attached to an aromatic ring is 1. The molecule has 1 aromatic carbocycles. The lowest BCUT2D eigenvalue weighted by Gasteiger charge is -2.36. The highest BCUT2D eigenvalue weighted by atomic mass is 19.1. The van der Waals surface area contributed by atoms with E-state index in [0.29, 0.717) is 23.6 Å². The third-order valence-corrected chi connectivity index (χ3v) is 4.03. The Bertz CT molecular complexity index is 663. The number of hydrogen-bond donors (Lipinski definition) is 1. The standard InChI is InChI=1S/C15H20FN3O/c1-9-6-13-12(7-11(9)16)18-14(17)19(13)10-4-5-20-15(2,3)8-10/h6-7,10H,4-5,8H2,1-3H3,(H2,17,18). The van der Waals surface area contributed by atoms with Gasteiger partial charge in [-0.15, -0.1) is 0 Å². The maximum atomic E-state index is 13.6. The molecule has 1 atom stereocenters. The number of aromatic nitrogens is 2. The van der Waals surface area contributed by atoms with E-state index in [1.54, 1.807) is 6.92 Å². The van der Waals surface area contributed by atoms with Gasteiger partial charge >= 0.3 is 0 Å². The van der Waals surface area contributed by atoms with Crippen molar-refractivity contribution in [2.45, 2.75) is 45.3 Å². The molecule has 108 valence electrons. The molecule has 0 spiro atoms. The van der Waals surface area contributed by atoms with Crippen LogP contribution in [-0.2, 0) is 4.74 Å². The number of benzene rings is 1. The molecule has 1 saturated heterocycles. The van der Waals surface area contributed by atoms with Crippen molar-refractivity contribution in [2.24, 2.45) is 0 Å². The Hall–Kier alpha value is -1.62. The SMILES string of the molecule is Cc1cc2c(cc1F)nc(N)n2C1CCOC(C)(C)C1. The maximum Gasteiger partial charge on any atom is 0.201 e. The van der Waals surface area contributed by atoms with Gasteiger partial charge in [0.2, 0.25) is 5.95 Å². The van der Waals surface area contributed by atoms with E-state index in [4.69, 9.17) is 10.5 Å². The van der Waals surface area contributed by atoms with Crippen LogP contribution in [0.2, 0.25) is 0 Å². The number of nitrogens with two attached hydrogens (primary N) is 1. The summed E-state index contributed by atoms with van der Waals surface area (Å²) in [7, 11) is 0. The Kier molecular flexibility index (Phi) is 2.97. The van der Waals surface area contributed by atoms with Gasteiger partial charge in [0.25, 0.3) is 0 Å². The van der Waals surface area contributed by atoms with Crippen molar-refractivity contribution in [1.29, 1.82) is 0 Å². The molecule has 1 aliphatic heterocycles. The van der Waals surface area contributed by atoms with Crippen LogP contribution in [0, 0.1) is 12.7 Å². The molecule has 20 heavy (non-hydrogen) atoms. The van der Waals surface area contributed by atoms with E-state index < -0.39 is 0 Å². The summed E-state index contributed by atoms with van der Waals surface area (Å²) in [5.74, 6) is 0.210. The van der Waals surface area contributed by atoms with E-state index in [1.165, 1.54) is 6.07 Å². The van der Waals surface area contributed by atoms with E-state index in [-0.39, 0.29) is 17.5 Å². The Labute approximate surface area is 117 Å². The normalized spacial score (nSPS) is 22.3. The van der Waals surface area contributed by atoms with Crippen LogP contribution in [-0.4, -0.2) is 21.8 Å². The number of ether oxygens (including phenoxy) is 1.